The van der Waals surface area contributed by atoms with Gasteiger partial charge in [-0.15, -0.1) is 0 Å². The smallest absolute Gasteiger partial charge is 0.000741 e. The first-order chi connectivity index (χ1) is 27.9. The summed E-state index contributed by atoms with van der Waals surface area (Å²) in [4.78, 5) is 0. The number of fused-ring (bicyclic) bond motifs is 5. The molecule has 0 heteroatoms. The van der Waals surface area contributed by atoms with Gasteiger partial charge in [0.1, 0.15) is 0 Å². The minimum absolute atomic E-state index is 1.23. The van der Waals surface area contributed by atoms with Gasteiger partial charge in [-0.1, -0.05) is 194 Å². The van der Waals surface area contributed by atoms with E-state index in [0.717, 1.165) is 0 Å². The normalized spacial score (nSPS) is 12.3. The van der Waals surface area contributed by atoms with Crippen LogP contribution in [0.3, 0.4) is 0 Å². The molecule has 0 saturated carbocycles. The van der Waals surface area contributed by atoms with Crippen LogP contribution in [0, 0.1) is 0 Å². The second kappa shape index (κ2) is 11.1. The molecular formula is C56H32. The number of benzene rings is 11. The van der Waals surface area contributed by atoms with Crippen molar-refractivity contribution >= 4 is 118 Å². The summed E-state index contributed by atoms with van der Waals surface area (Å²) in [7, 11) is 0. The first kappa shape index (κ1) is 30.1. The SMILES string of the molecule is c1ccc(-c2c3ccccc3c3c4ccccc4c4c5ccccc5c5cccc6c(c7ccccc7c4c56)c4c5ccccc5c2c3c2ccccc24)cc1. The van der Waals surface area contributed by atoms with Crippen LogP contribution < -0.4 is 0 Å². The summed E-state index contributed by atoms with van der Waals surface area (Å²) in [5.41, 5.74) is 2.50. The number of hydrogen-bond donors (Lipinski definition) is 0. The van der Waals surface area contributed by atoms with Gasteiger partial charge < -0.3 is 0 Å². The lowest BCUT2D eigenvalue weighted by atomic mass is 9.83. The Balaban J connectivity index is 1.60. The highest BCUT2D eigenvalue weighted by molar-refractivity contribution is 6.49. The van der Waals surface area contributed by atoms with E-state index in [2.05, 4.69) is 194 Å². The van der Waals surface area contributed by atoms with Crippen LogP contribution in [0.15, 0.2) is 194 Å². The molecule has 0 spiro atoms. The summed E-state index contributed by atoms with van der Waals surface area (Å²) in [5.74, 6) is 0. The summed E-state index contributed by atoms with van der Waals surface area (Å²) in [6.07, 6.45) is 0. The summed E-state index contributed by atoms with van der Waals surface area (Å²) >= 11 is 0. The van der Waals surface area contributed by atoms with Crippen molar-refractivity contribution in [2.75, 3.05) is 0 Å². The van der Waals surface area contributed by atoms with Crippen LogP contribution in [-0.2, 0) is 0 Å². The van der Waals surface area contributed by atoms with E-state index in [9.17, 15) is 0 Å². The van der Waals surface area contributed by atoms with Crippen LogP contribution >= 0.6 is 0 Å². The zero-order valence-corrected chi connectivity index (χ0v) is 30.5. The minimum atomic E-state index is 1.23. The Morgan fingerprint density at radius 2 is 0.393 bits per heavy atom. The second-order valence-corrected chi connectivity index (χ2v) is 15.4. The average Bonchev–Trinajstić information content (AvgIpc) is 3.38. The van der Waals surface area contributed by atoms with E-state index < -0.39 is 0 Å². The molecule has 0 unspecified atom stereocenters. The molecule has 0 radical (unpaired) electrons. The van der Waals surface area contributed by atoms with Crippen LogP contribution in [-0.4, -0.2) is 0 Å². The quantitative estimate of drug-likeness (QED) is 0.118. The fourth-order valence-corrected chi connectivity index (χ4v) is 10.7. The molecule has 0 heterocycles. The van der Waals surface area contributed by atoms with Gasteiger partial charge in [-0.2, -0.15) is 0 Å². The third-order valence-corrected chi connectivity index (χ3v) is 12.7. The van der Waals surface area contributed by atoms with Gasteiger partial charge in [0.15, 0.2) is 0 Å². The molecule has 0 fully saturated rings. The van der Waals surface area contributed by atoms with E-state index >= 15 is 0 Å². The van der Waals surface area contributed by atoms with Gasteiger partial charge in [0.2, 0.25) is 0 Å². The molecule has 0 aliphatic rings. The molecule has 0 atom stereocenters. The number of rotatable bonds is 1. The molecule has 0 saturated heterocycles. The van der Waals surface area contributed by atoms with E-state index in [4.69, 9.17) is 0 Å². The lowest BCUT2D eigenvalue weighted by Gasteiger charge is -2.19. The standard InChI is InChI=1S/C56H32/c1-2-17-33(18-3-1)48-37-21-6-7-22-38(37)51-40-24-9-8-23-39(40)50-35-20-5-4-19-34(35)36-31-16-32-47-52(43-27-12-14-29-45(43)55(50)53(36)47)49-41-25-10-13-28-44(41)54(48)56(51)46-30-15-11-26-42(46)49/h1-32H. The largest absolute Gasteiger partial charge is 0.0622 e. The molecule has 56 heavy (non-hydrogen) atoms. The third kappa shape index (κ3) is 3.78. The minimum Gasteiger partial charge on any atom is -0.0622 e. The average molecular weight is 705 g/mol. The van der Waals surface area contributed by atoms with Crippen LogP contribution in [0.1, 0.15) is 0 Å². The van der Waals surface area contributed by atoms with Crippen molar-refractivity contribution in [2.24, 2.45) is 0 Å². The first-order valence-electron chi connectivity index (χ1n) is 19.6. The summed E-state index contributed by atoms with van der Waals surface area (Å²) in [6.45, 7) is 0. The molecule has 256 valence electrons. The van der Waals surface area contributed by atoms with Crippen molar-refractivity contribution in [3.63, 3.8) is 0 Å². The van der Waals surface area contributed by atoms with Gasteiger partial charge in [0.05, 0.1) is 0 Å². The highest BCUT2D eigenvalue weighted by Gasteiger charge is 2.23. The molecule has 0 N–H and O–H groups in total. The fraction of sp³-hybridized carbons (Fsp3) is 0. The summed E-state index contributed by atoms with van der Waals surface area (Å²) in [6, 6.07) is 73.3. The Labute approximate surface area is 322 Å². The maximum Gasteiger partial charge on any atom is -0.000741 e. The van der Waals surface area contributed by atoms with Crippen LogP contribution in [0.25, 0.3) is 130 Å². The Hall–Kier alpha value is -7.28. The van der Waals surface area contributed by atoms with Crippen molar-refractivity contribution in [3.8, 4) is 11.1 Å². The van der Waals surface area contributed by atoms with Crippen molar-refractivity contribution in [2.45, 2.75) is 0 Å². The Kier molecular flexibility index (Phi) is 5.98. The maximum atomic E-state index is 2.39. The Bertz CT molecular complexity index is 3850. The van der Waals surface area contributed by atoms with Crippen LogP contribution in [0.4, 0.5) is 0 Å². The van der Waals surface area contributed by atoms with Gasteiger partial charge in [0.25, 0.3) is 0 Å². The summed E-state index contributed by atoms with van der Waals surface area (Å²) < 4.78 is 0. The monoisotopic (exact) mass is 704 g/mol. The van der Waals surface area contributed by atoms with E-state index in [1.165, 1.54) is 130 Å². The molecule has 14 rings (SSSR count). The van der Waals surface area contributed by atoms with E-state index in [1.54, 1.807) is 0 Å². The fourth-order valence-electron chi connectivity index (χ4n) is 10.7. The Morgan fingerprint density at radius 3 is 0.875 bits per heavy atom. The second-order valence-electron chi connectivity index (χ2n) is 15.4. The third-order valence-electron chi connectivity index (χ3n) is 12.7. The maximum absolute atomic E-state index is 2.39. The highest BCUT2D eigenvalue weighted by atomic mass is 14.3. The lowest BCUT2D eigenvalue weighted by Crippen LogP contribution is -1.90. The number of hydrogen-bond acceptors (Lipinski definition) is 0. The predicted molar refractivity (Wildman–Crippen MR) is 244 cm³/mol. The molecule has 0 aliphatic heterocycles. The Morgan fingerprint density at radius 1 is 0.143 bits per heavy atom. The first-order valence-corrected chi connectivity index (χ1v) is 19.6. The lowest BCUT2D eigenvalue weighted by molar-refractivity contribution is 1.69. The van der Waals surface area contributed by atoms with E-state index in [0.29, 0.717) is 0 Å². The molecule has 14 aromatic carbocycles. The van der Waals surface area contributed by atoms with E-state index in [-0.39, 0.29) is 0 Å². The van der Waals surface area contributed by atoms with Crippen LogP contribution in [0.2, 0.25) is 0 Å². The van der Waals surface area contributed by atoms with E-state index in [1.807, 2.05) is 0 Å². The van der Waals surface area contributed by atoms with Crippen molar-refractivity contribution in [3.05, 3.63) is 194 Å². The predicted octanol–water partition coefficient (Wildman–Crippen LogP) is 16.0. The molecule has 0 amide bonds. The zero-order chi connectivity index (χ0) is 36.5. The van der Waals surface area contributed by atoms with Gasteiger partial charge >= 0.3 is 0 Å². The van der Waals surface area contributed by atoms with Crippen molar-refractivity contribution in [1.29, 1.82) is 0 Å². The van der Waals surface area contributed by atoms with Crippen molar-refractivity contribution < 1.29 is 0 Å². The van der Waals surface area contributed by atoms with Crippen molar-refractivity contribution in [1.82, 2.24) is 0 Å². The van der Waals surface area contributed by atoms with Crippen LogP contribution in [0.5, 0.6) is 0 Å². The highest BCUT2D eigenvalue weighted by Crippen LogP contribution is 2.52. The molecule has 0 aromatic heterocycles. The molecular weight excluding hydrogens is 673 g/mol. The summed E-state index contributed by atoms with van der Waals surface area (Å²) in [5, 5.41) is 28.2. The zero-order valence-electron chi connectivity index (χ0n) is 30.5. The topological polar surface area (TPSA) is 0 Å². The molecule has 14 aromatic rings. The van der Waals surface area contributed by atoms with Gasteiger partial charge in [-0.05, 0) is 130 Å². The van der Waals surface area contributed by atoms with Gasteiger partial charge in [-0.3, -0.25) is 0 Å². The molecule has 6 bridgehead atoms. The molecule has 0 aliphatic carbocycles. The van der Waals surface area contributed by atoms with Gasteiger partial charge in [-0.25, -0.2) is 0 Å². The molecule has 0 nitrogen and oxygen atoms in total. The van der Waals surface area contributed by atoms with Gasteiger partial charge in [0, 0.05) is 0 Å².